The van der Waals surface area contributed by atoms with Crippen molar-refractivity contribution in [2.75, 3.05) is 10.6 Å². The van der Waals surface area contributed by atoms with Crippen LogP contribution in [0.15, 0.2) is 60.8 Å². The van der Waals surface area contributed by atoms with Gasteiger partial charge in [0.2, 0.25) is 0 Å². The van der Waals surface area contributed by atoms with Gasteiger partial charge in [-0.2, -0.15) is 0 Å². The molecular weight excluding hydrogens is 364 g/mol. The SMILES string of the molecule is O=C(Nc1cccc(F)c1)c1cc(Nc2cc(Cl)cc(Cl)c2)ccn1. The summed E-state index contributed by atoms with van der Waals surface area (Å²) in [7, 11) is 0. The monoisotopic (exact) mass is 375 g/mol. The van der Waals surface area contributed by atoms with Gasteiger partial charge in [0.05, 0.1) is 0 Å². The minimum Gasteiger partial charge on any atom is -0.355 e. The summed E-state index contributed by atoms with van der Waals surface area (Å²) < 4.78 is 13.2. The number of carbonyl (C=O) groups is 1. The highest BCUT2D eigenvalue weighted by molar-refractivity contribution is 6.35. The Hall–Kier alpha value is -2.63. The zero-order chi connectivity index (χ0) is 17.8. The molecule has 0 radical (unpaired) electrons. The van der Waals surface area contributed by atoms with E-state index in [1.54, 1.807) is 36.4 Å². The summed E-state index contributed by atoms with van der Waals surface area (Å²) in [5.74, 6) is -0.877. The van der Waals surface area contributed by atoms with Gasteiger partial charge < -0.3 is 10.6 Å². The van der Waals surface area contributed by atoms with Gasteiger partial charge in [0.25, 0.3) is 5.91 Å². The first-order valence-corrected chi connectivity index (χ1v) is 8.01. The van der Waals surface area contributed by atoms with Gasteiger partial charge in [-0.1, -0.05) is 29.3 Å². The maximum absolute atomic E-state index is 13.2. The molecule has 2 aromatic carbocycles. The molecule has 0 aliphatic rings. The fourth-order valence-corrected chi connectivity index (χ4v) is 2.71. The van der Waals surface area contributed by atoms with Gasteiger partial charge in [-0.25, -0.2) is 4.39 Å². The van der Waals surface area contributed by atoms with Crippen molar-refractivity contribution in [1.82, 2.24) is 4.98 Å². The smallest absolute Gasteiger partial charge is 0.274 e. The molecule has 0 bridgehead atoms. The van der Waals surface area contributed by atoms with Crippen LogP contribution in [0.3, 0.4) is 0 Å². The van der Waals surface area contributed by atoms with E-state index in [1.165, 1.54) is 24.4 Å². The average molecular weight is 376 g/mol. The van der Waals surface area contributed by atoms with E-state index in [4.69, 9.17) is 23.2 Å². The van der Waals surface area contributed by atoms with Crippen LogP contribution >= 0.6 is 23.2 Å². The number of rotatable bonds is 4. The second kappa shape index (κ2) is 7.51. The lowest BCUT2D eigenvalue weighted by Crippen LogP contribution is -2.13. The third kappa shape index (κ3) is 4.68. The Kier molecular flexibility index (Phi) is 5.16. The van der Waals surface area contributed by atoms with Gasteiger partial charge in [-0.15, -0.1) is 0 Å². The van der Waals surface area contributed by atoms with Crippen molar-refractivity contribution in [1.29, 1.82) is 0 Å². The normalized spacial score (nSPS) is 10.4. The number of aromatic nitrogens is 1. The number of benzene rings is 2. The Morgan fingerprint density at radius 1 is 0.920 bits per heavy atom. The fraction of sp³-hybridized carbons (Fsp3) is 0. The summed E-state index contributed by atoms with van der Waals surface area (Å²) in [6.45, 7) is 0. The third-order valence-electron chi connectivity index (χ3n) is 3.23. The summed E-state index contributed by atoms with van der Waals surface area (Å²) >= 11 is 11.9. The van der Waals surface area contributed by atoms with Gasteiger partial charge >= 0.3 is 0 Å². The molecule has 25 heavy (non-hydrogen) atoms. The van der Waals surface area contributed by atoms with Gasteiger partial charge in [0.15, 0.2) is 0 Å². The molecule has 126 valence electrons. The first-order chi connectivity index (χ1) is 12.0. The second-order valence-corrected chi connectivity index (χ2v) is 6.05. The Balaban J connectivity index is 1.77. The van der Waals surface area contributed by atoms with Crippen LogP contribution in [-0.2, 0) is 0 Å². The molecule has 0 spiro atoms. The fourth-order valence-electron chi connectivity index (χ4n) is 2.19. The van der Waals surface area contributed by atoms with E-state index in [-0.39, 0.29) is 5.69 Å². The van der Waals surface area contributed by atoms with E-state index < -0.39 is 11.7 Å². The van der Waals surface area contributed by atoms with E-state index in [0.717, 1.165) is 0 Å². The maximum atomic E-state index is 13.2. The third-order valence-corrected chi connectivity index (χ3v) is 3.66. The largest absolute Gasteiger partial charge is 0.355 e. The standard InChI is InChI=1S/C18H12Cl2FN3O/c19-11-6-12(20)8-16(7-11)23-15-4-5-22-17(10-15)18(25)24-14-3-1-2-13(21)9-14/h1-10H,(H,22,23)(H,24,25). The Labute approximate surface area is 153 Å². The number of carbonyl (C=O) groups excluding carboxylic acids is 1. The number of halogens is 3. The van der Waals surface area contributed by atoms with Crippen molar-refractivity contribution in [2.45, 2.75) is 0 Å². The van der Waals surface area contributed by atoms with E-state index in [9.17, 15) is 9.18 Å². The minimum atomic E-state index is -0.446. The molecule has 3 aromatic rings. The van der Waals surface area contributed by atoms with E-state index in [0.29, 0.717) is 27.1 Å². The van der Waals surface area contributed by atoms with Crippen molar-refractivity contribution >= 4 is 46.2 Å². The van der Waals surface area contributed by atoms with E-state index in [1.807, 2.05) is 0 Å². The van der Waals surface area contributed by atoms with Gasteiger partial charge in [-0.05, 0) is 48.5 Å². The molecule has 2 N–H and O–H groups in total. The van der Waals surface area contributed by atoms with Crippen LogP contribution in [0.25, 0.3) is 0 Å². The maximum Gasteiger partial charge on any atom is 0.274 e. The van der Waals surface area contributed by atoms with Crippen LogP contribution < -0.4 is 10.6 Å². The Morgan fingerprint density at radius 3 is 2.40 bits per heavy atom. The van der Waals surface area contributed by atoms with Crippen LogP contribution in [0.5, 0.6) is 0 Å². The van der Waals surface area contributed by atoms with Crippen LogP contribution in [0, 0.1) is 5.82 Å². The molecule has 7 heteroatoms. The molecule has 0 saturated carbocycles. The van der Waals surface area contributed by atoms with E-state index >= 15 is 0 Å². The molecular formula is C18H12Cl2FN3O. The van der Waals surface area contributed by atoms with Crippen LogP contribution in [-0.4, -0.2) is 10.9 Å². The van der Waals surface area contributed by atoms with Crippen LogP contribution in [0.4, 0.5) is 21.5 Å². The van der Waals surface area contributed by atoms with Gasteiger partial charge in [-0.3, -0.25) is 9.78 Å². The summed E-state index contributed by atoms with van der Waals surface area (Å²) in [4.78, 5) is 16.3. The zero-order valence-electron chi connectivity index (χ0n) is 12.8. The lowest BCUT2D eigenvalue weighted by atomic mass is 10.2. The molecule has 1 amide bonds. The summed E-state index contributed by atoms with van der Waals surface area (Å²) in [6, 6.07) is 14.0. The number of hydrogen-bond acceptors (Lipinski definition) is 3. The highest BCUT2D eigenvalue weighted by Gasteiger charge is 2.09. The van der Waals surface area contributed by atoms with Crippen molar-refractivity contribution < 1.29 is 9.18 Å². The van der Waals surface area contributed by atoms with Crippen LogP contribution in [0.1, 0.15) is 10.5 Å². The molecule has 0 aliphatic heterocycles. The highest BCUT2D eigenvalue weighted by atomic mass is 35.5. The number of amides is 1. The Morgan fingerprint density at radius 2 is 1.68 bits per heavy atom. The molecule has 0 aliphatic carbocycles. The first-order valence-electron chi connectivity index (χ1n) is 7.26. The molecule has 4 nitrogen and oxygen atoms in total. The number of nitrogens with zero attached hydrogens (tertiary/aromatic N) is 1. The Bertz CT molecular complexity index is 913. The summed E-state index contributed by atoms with van der Waals surface area (Å²) in [5, 5.41) is 6.69. The van der Waals surface area contributed by atoms with Crippen molar-refractivity contribution in [3.8, 4) is 0 Å². The van der Waals surface area contributed by atoms with E-state index in [2.05, 4.69) is 15.6 Å². The zero-order valence-corrected chi connectivity index (χ0v) is 14.3. The molecule has 0 unspecified atom stereocenters. The predicted octanol–water partition coefficient (Wildman–Crippen LogP) is 5.52. The van der Waals surface area contributed by atoms with Crippen molar-refractivity contribution in [2.24, 2.45) is 0 Å². The quantitative estimate of drug-likeness (QED) is 0.630. The first kappa shape index (κ1) is 17.2. The molecule has 0 atom stereocenters. The van der Waals surface area contributed by atoms with Gasteiger partial charge in [0, 0.05) is 33.3 Å². The van der Waals surface area contributed by atoms with Crippen molar-refractivity contribution in [3.05, 3.63) is 82.4 Å². The number of hydrogen-bond donors (Lipinski definition) is 2. The average Bonchev–Trinajstić information content (AvgIpc) is 2.54. The predicted molar refractivity (Wildman–Crippen MR) is 98.3 cm³/mol. The summed E-state index contributed by atoms with van der Waals surface area (Å²) in [5.41, 5.74) is 1.85. The lowest BCUT2D eigenvalue weighted by molar-refractivity contribution is 0.102. The molecule has 1 aromatic heterocycles. The molecule has 1 heterocycles. The number of pyridine rings is 1. The minimum absolute atomic E-state index is 0.183. The van der Waals surface area contributed by atoms with Crippen LogP contribution in [0.2, 0.25) is 10.0 Å². The number of nitrogens with one attached hydrogen (secondary N) is 2. The topological polar surface area (TPSA) is 54.0 Å². The lowest BCUT2D eigenvalue weighted by Gasteiger charge is -2.09. The van der Waals surface area contributed by atoms with Crippen molar-refractivity contribution in [3.63, 3.8) is 0 Å². The highest BCUT2D eigenvalue weighted by Crippen LogP contribution is 2.25. The second-order valence-electron chi connectivity index (χ2n) is 5.18. The molecule has 3 rings (SSSR count). The molecule has 0 saturated heterocycles. The van der Waals surface area contributed by atoms with Gasteiger partial charge in [0.1, 0.15) is 11.5 Å². The molecule has 0 fully saturated rings. The number of anilines is 3. The summed E-state index contributed by atoms with van der Waals surface area (Å²) in [6.07, 6.45) is 1.50.